The molecular formula is C15H19N5O3. The Kier molecular flexibility index (Phi) is 4.40. The molecule has 0 aliphatic carbocycles. The fourth-order valence-electron chi connectivity index (χ4n) is 2.21. The van der Waals surface area contributed by atoms with Crippen LogP contribution in [0.4, 0.5) is 11.6 Å². The number of likely N-dealkylation sites (N-methyl/N-ethyl adjacent to an activating group) is 1. The summed E-state index contributed by atoms with van der Waals surface area (Å²) >= 11 is 0. The van der Waals surface area contributed by atoms with Gasteiger partial charge in [-0.2, -0.15) is 5.26 Å². The maximum absolute atomic E-state index is 12.6. The molecule has 1 aliphatic rings. The summed E-state index contributed by atoms with van der Waals surface area (Å²) in [7, 11) is 1.59. The van der Waals surface area contributed by atoms with Crippen LogP contribution in [0.25, 0.3) is 0 Å². The Labute approximate surface area is 134 Å². The molecule has 2 rings (SSSR count). The van der Waals surface area contributed by atoms with Gasteiger partial charge in [0, 0.05) is 13.6 Å². The van der Waals surface area contributed by atoms with Gasteiger partial charge in [0.1, 0.15) is 12.4 Å². The van der Waals surface area contributed by atoms with Gasteiger partial charge < -0.3 is 15.4 Å². The number of nitrogen functional groups attached to an aromatic ring is 1. The van der Waals surface area contributed by atoms with Crippen molar-refractivity contribution in [3.8, 4) is 11.8 Å². The molecule has 0 bridgehead atoms. The number of amides is 2. The maximum atomic E-state index is 12.6. The molecule has 0 saturated heterocycles. The summed E-state index contributed by atoms with van der Waals surface area (Å²) in [5.74, 6) is 0.203. The Morgan fingerprint density at radius 3 is 2.87 bits per heavy atom. The Bertz CT molecular complexity index is 680. The van der Waals surface area contributed by atoms with Crippen LogP contribution in [0.5, 0.6) is 5.75 Å². The number of aromatic nitrogens is 1. The predicted octanol–water partition coefficient (Wildman–Crippen LogP) is 0.540. The standard InChI is InChI=1S/C15H19N5O3/c1-15(2)14(22)20(9-12(21)19(3)8-4-7-16)13-10(23-15)5-6-11(17)18-13/h5-6H,4,8-9H2,1-3H3,(H2,17,18). The number of carbonyl (C=O) groups is 2. The van der Waals surface area contributed by atoms with Gasteiger partial charge in [-0.15, -0.1) is 0 Å². The lowest BCUT2D eigenvalue weighted by atomic mass is 10.1. The molecule has 0 atom stereocenters. The van der Waals surface area contributed by atoms with Crippen molar-refractivity contribution in [2.75, 3.05) is 30.8 Å². The number of hydrogen-bond acceptors (Lipinski definition) is 6. The maximum Gasteiger partial charge on any atom is 0.272 e. The second kappa shape index (κ2) is 6.12. The van der Waals surface area contributed by atoms with Crippen LogP contribution < -0.4 is 15.4 Å². The van der Waals surface area contributed by atoms with Gasteiger partial charge in [-0.3, -0.25) is 14.5 Å². The summed E-state index contributed by atoms with van der Waals surface area (Å²) in [6.45, 7) is 3.38. The Morgan fingerprint density at radius 2 is 2.22 bits per heavy atom. The number of fused-ring (bicyclic) bond motifs is 1. The number of ether oxygens (including phenoxy) is 1. The fraction of sp³-hybridized carbons (Fsp3) is 0.467. The molecule has 2 N–H and O–H groups in total. The van der Waals surface area contributed by atoms with Gasteiger partial charge >= 0.3 is 0 Å². The third-order valence-corrected chi connectivity index (χ3v) is 3.52. The molecule has 8 nitrogen and oxygen atoms in total. The number of hydrogen-bond donors (Lipinski definition) is 1. The number of carbonyl (C=O) groups excluding carboxylic acids is 2. The highest BCUT2D eigenvalue weighted by Gasteiger charge is 2.42. The minimum Gasteiger partial charge on any atom is -0.474 e. The number of anilines is 2. The third kappa shape index (κ3) is 3.34. The topological polar surface area (TPSA) is 113 Å². The lowest BCUT2D eigenvalue weighted by molar-refractivity contribution is -0.136. The molecular weight excluding hydrogens is 298 g/mol. The third-order valence-electron chi connectivity index (χ3n) is 3.52. The summed E-state index contributed by atoms with van der Waals surface area (Å²) in [4.78, 5) is 31.7. The highest BCUT2D eigenvalue weighted by Crippen LogP contribution is 2.36. The molecule has 8 heteroatoms. The first kappa shape index (κ1) is 16.5. The molecule has 2 heterocycles. The summed E-state index contributed by atoms with van der Waals surface area (Å²) < 4.78 is 5.65. The van der Waals surface area contributed by atoms with Crippen LogP contribution >= 0.6 is 0 Å². The van der Waals surface area contributed by atoms with Crippen LogP contribution in [0.2, 0.25) is 0 Å². The van der Waals surface area contributed by atoms with Crippen LogP contribution in [-0.4, -0.2) is 47.4 Å². The van der Waals surface area contributed by atoms with Crippen molar-refractivity contribution in [2.24, 2.45) is 0 Å². The zero-order valence-corrected chi connectivity index (χ0v) is 13.4. The minimum absolute atomic E-state index is 0.184. The number of pyridine rings is 1. The molecule has 1 aliphatic heterocycles. The van der Waals surface area contributed by atoms with E-state index in [1.165, 1.54) is 9.80 Å². The molecule has 0 fully saturated rings. The molecule has 2 amide bonds. The summed E-state index contributed by atoms with van der Waals surface area (Å²) in [6, 6.07) is 5.18. The largest absolute Gasteiger partial charge is 0.474 e. The first-order chi connectivity index (χ1) is 10.8. The number of nitriles is 1. The summed E-state index contributed by atoms with van der Waals surface area (Å²) in [6.07, 6.45) is 0.229. The van der Waals surface area contributed by atoms with E-state index in [-0.39, 0.29) is 36.4 Å². The summed E-state index contributed by atoms with van der Waals surface area (Å²) in [5.41, 5.74) is 4.58. The zero-order valence-electron chi connectivity index (χ0n) is 13.4. The molecule has 0 unspecified atom stereocenters. The molecule has 0 aromatic carbocycles. The van der Waals surface area contributed by atoms with Crippen LogP contribution in [0.15, 0.2) is 12.1 Å². The normalized spacial score (nSPS) is 15.4. The van der Waals surface area contributed by atoms with Gasteiger partial charge in [0.15, 0.2) is 17.2 Å². The van der Waals surface area contributed by atoms with E-state index >= 15 is 0 Å². The van der Waals surface area contributed by atoms with Crippen molar-refractivity contribution in [3.05, 3.63) is 12.1 Å². The van der Waals surface area contributed by atoms with E-state index in [1.807, 2.05) is 6.07 Å². The minimum atomic E-state index is -1.10. The van der Waals surface area contributed by atoms with Crippen molar-refractivity contribution in [1.29, 1.82) is 5.26 Å². The molecule has 0 spiro atoms. The van der Waals surface area contributed by atoms with Crippen LogP contribution in [0.1, 0.15) is 20.3 Å². The summed E-state index contributed by atoms with van der Waals surface area (Å²) in [5, 5.41) is 8.60. The van der Waals surface area contributed by atoms with E-state index < -0.39 is 5.60 Å². The van der Waals surface area contributed by atoms with E-state index in [1.54, 1.807) is 33.0 Å². The van der Waals surface area contributed by atoms with E-state index in [0.29, 0.717) is 12.3 Å². The second-order valence-corrected chi connectivity index (χ2v) is 5.78. The first-order valence-electron chi connectivity index (χ1n) is 7.14. The lowest BCUT2D eigenvalue weighted by Gasteiger charge is -2.38. The SMILES string of the molecule is CN(CCC#N)C(=O)CN1C(=O)C(C)(C)Oc2ccc(N)nc21. The van der Waals surface area contributed by atoms with Crippen molar-refractivity contribution < 1.29 is 14.3 Å². The van der Waals surface area contributed by atoms with Gasteiger partial charge in [0.05, 0.1) is 12.5 Å². The number of nitrogens with two attached hydrogens (primary N) is 1. The highest BCUT2D eigenvalue weighted by atomic mass is 16.5. The number of rotatable bonds is 4. The van der Waals surface area contributed by atoms with E-state index in [2.05, 4.69) is 4.98 Å². The van der Waals surface area contributed by atoms with Gasteiger partial charge in [-0.05, 0) is 26.0 Å². The quantitative estimate of drug-likeness (QED) is 0.867. The van der Waals surface area contributed by atoms with E-state index in [0.717, 1.165) is 0 Å². The Hall–Kier alpha value is -2.82. The van der Waals surface area contributed by atoms with Crippen molar-refractivity contribution in [3.63, 3.8) is 0 Å². The van der Waals surface area contributed by atoms with Crippen molar-refractivity contribution in [2.45, 2.75) is 25.9 Å². The average molecular weight is 317 g/mol. The monoisotopic (exact) mass is 317 g/mol. The molecule has 122 valence electrons. The first-order valence-corrected chi connectivity index (χ1v) is 7.14. The smallest absolute Gasteiger partial charge is 0.272 e. The Balaban J connectivity index is 2.29. The van der Waals surface area contributed by atoms with Gasteiger partial charge in [-0.25, -0.2) is 4.98 Å². The van der Waals surface area contributed by atoms with Crippen molar-refractivity contribution >= 4 is 23.5 Å². The molecule has 0 saturated carbocycles. The predicted molar refractivity (Wildman–Crippen MR) is 83.6 cm³/mol. The second-order valence-electron chi connectivity index (χ2n) is 5.78. The highest BCUT2D eigenvalue weighted by molar-refractivity contribution is 6.05. The molecule has 0 radical (unpaired) electrons. The average Bonchev–Trinajstić information content (AvgIpc) is 2.49. The van der Waals surface area contributed by atoms with Gasteiger partial charge in [0.25, 0.3) is 5.91 Å². The van der Waals surface area contributed by atoms with Gasteiger partial charge in [-0.1, -0.05) is 0 Å². The Morgan fingerprint density at radius 1 is 1.52 bits per heavy atom. The van der Waals surface area contributed by atoms with Crippen molar-refractivity contribution in [1.82, 2.24) is 9.88 Å². The van der Waals surface area contributed by atoms with Crippen LogP contribution in [-0.2, 0) is 9.59 Å². The van der Waals surface area contributed by atoms with Crippen LogP contribution in [0, 0.1) is 11.3 Å². The molecule has 23 heavy (non-hydrogen) atoms. The van der Waals surface area contributed by atoms with E-state index in [4.69, 9.17) is 15.7 Å². The van der Waals surface area contributed by atoms with Crippen LogP contribution in [0.3, 0.4) is 0 Å². The molecule has 1 aromatic heterocycles. The lowest BCUT2D eigenvalue weighted by Crippen LogP contribution is -2.55. The zero-order chi connectivity index (χ0) is 17.2. The van der Waals surface area contributed by atoms with E-state index in [9.17, 15) is 9.59 Å². The van der Waals surface area contributed by atoms with Gasteiger partial charge in [0.2, 0.25) is 5.91 Å². The number of nitrogens with zero attached hydrogens (tertiary/aromatic N) is 4. The fourth-order valence-corrected chi connectivity index (χ4v) is 2.21. The molecule has 1 aromatic rings.